The first-order chi connectivity index (χ1) is 8.60. The Morgan fingerprint density at radius 1 is 1.33 bits per heavy atom. The number of rotatable bonds is 3. The Bertz CT molecular complexity index is 556. The summed E-state index contributed by atoms with van der Waals surface area (Å²) in [6.07, 6.45) is 1.59. The number of nitrogen functional groups attached to an aromatic ring is 1. The average molecular weight is 332 g/mol. The third-order valence-electron chi connectivity index (χ3n) is 2.18. The van der Waals surface area contributed by atoms with Crippen molar-refractivity contribution >= 4 is 44.7 Å². The lowest BCUT2D eigenvalue weighted by Gasteiger charge is -2.11. The predicted molar refractivity (Wildman–Crippen MR) is 74.4 cm³/mol. The summed E-state index contributed by atoms with van der Waals surface area (Å²) in [5, 5.41) is 3.34. The van der Waals surface area contributed by atoms with Gasteiger partial charge < -0.3 is 10.7 Å². The molecular weight excluding hydrogens is 323 g/mol. The van der Waals surface area contributed by atoms with E-state index in [9.17, 15) is 4.39 Å². The first kappa shape index (κ1) is 13.1. The monoisotopic (exact) mass is 330 g/mol. The number of anilines is 3. The maximum Gasteiger partial charge on any atom is 0.141 e. The third-order valence-corrected chi connectivity index (χ3v) is 3.11. The lowest BCUT2D eigenvalue weighted by Crippen LogP contribution is -2.08. The number of nitrogens with one attached hydrogen (secondary N) is 2. The van der Waals surface area contributed by atoms with E-state index in [1.165, 1.54) is 12.1 Å². The van der Waals surface area contributed by atoms with Crippen LogP contribution in [0.2, 0.25) is 5.02 Å². The maximum atomic E-state index is 13.1. The van der Waals surface area contributed by atoms with Crippen molar-refractivity contribution in [3.05, 3.63) is 45.8 Å². The molecule has 7 heteroatoms. The summed E-state index contributed by atoms with van der Waals surface area (Å²) in [5.74, 6) is 5.37. The van der Waals surface area contributed by atoms with Crippen LogP contribution in [0.4, 0.5) is 21.6 Å². The van der Waals surface area contributed by atoms with Crippen molar-refractivity contribution < 1.29 is 4.39 Å². The number of nitrogens with two attached hydrogens (primary N) is 1. The highest BCUT2D eigenvalue weighted by Crippen LogP contribution is 2.34. The van der Waals surface area contributed by atoms with Gasteiger partial charge in [0.15, 0.2) is 0 Å². The Balaban J connectivity index is 2.33. The molecule has 0 amide bonds. The Labute approximate surface area is 116 Å². The van der Waals surface area contributed by atoms with Gasteiger partial charge in [0.2, 0.25) is 0 Å². The summed E-state index contributed by atoms with van der Waals surface area (Å²) in [6, 6.07) is 6.01. The lowest BCUT2D eigenvalue weighted by molar-refractivity contribution is 0.627. The summed E-state index contributed by atoms with van der Waals surface area (Å²) in [5.41, 5.74) is 3.74. The van der Waals surface area contributed by atoms with E-state index in [2.05, 4.69) is 31.7 Å². The fourth-order valence-electron chi connectivity index (χ4n) is 1.39. The minimum atomic E-state index is -0.406. The Hall–Kier alpha value is -1.37. The van der Waals surface area contributed by atoms with E-state index in [-0.39, 0.29) is 5.02 Å². The van der Waals surface area contributed by atoms with Gasteiger partial charge in [-0.3, -0.25) is 0 Å². The van der Waals surface area contributed by atoms with Crippen LogP contribution in [0, 0.1) is 5.82 Å². The molecule has 0 aliphatic heterocycles. The largest absolute Gasteiger partial charge is 0.353 e. The normalized spacial score (nSPS) is 10.2. The number of pyridine rings is 1. The van der Waals surface area contributed by atoms with Crippen molar-refractivity contribution in [1.29, 1.82) is 0 Å². The highest BCUT2D eigenvalue weighted by molar-refractivity contribution is 9.10. The van der Waals surface area contributed by atoms with Gasteiger partial charge in [-0.15, -0.1) is 0 Å². The van der Waals surface area contributed by atoms with E-state index in [0.29, 0.717) is 16.0 Å². The molecule has 2 rings (SSSR count). The molecule has 0 bridgehead atoms. The first-order valence-corrected chi connectivity index (χ1v) is 6.11. The highest BCUT2D eigenvalue weighted by atomic mass is 79.9. The number of aromatic nitrogens is 1. The van der Waals surface area contributed by atoms with E-state index in [0.717, 1.165) is 5.69 Å². The van der Waals surface area contributed by atoms with Crippen molar-refractivity contribution in [3.8, 4) is 0 Å². The molecule has 1 heterocycles. The number of nitrogens with zero attached hydrogens (tertiary/aromatic N) is 1. The number of hydrazine groups is 1. The molecule has 0 radical (unpaired) electrons. The van der Waals surface area contributed by atoms with Crippen LogP contribution in [0.15, 0.2) is 34.9 Å². The number of benzene rings is 1. The Kier molecular flexibility index (Phi) is 4.00. The van der Waals surface area contributed by atoms with Gasteiger partial charge in [0.25, 0.3) is 0 Å². The van der Waals surface area contributed by atoms with Gasteiger partial charge in [-0.25, -0.2) is 15.2 Å². The van der Waals surface area contributed by atoms with Crippen LogP contribution in [-0.4, -0.2) is 4.98 Å². The molecule has 0 fully saturated rings. The second-order valence-corrected chi connectivity index (χ2v) is 4.71. The summed E-state index contributed by atoms with van der Waals surface area (Å²) < 4.78 is 13.6. The summed E-state index contributed by atoms with van der Waals surface area (Å²) in [4.78, 5) is 3.98. The zero-order chi connectivity index (χ0) is 13.1. The van der Waals surface area contributed by atoms with Crippen LogP contribution in [-0.2, 0) is 0 Å². The van der Waals surface area contributed by atoms with Gasteiger partial charge in [-0.2, -0.15) is 0 Å². The standard InChI is InChI=1S/C11H9BrClFN4/c12-8-3-6(14)4-9(13)11(8)17-7-1-2-16-10(5-7)18-15/h1-5H,15H2,(H2,16,17,18). The molecule has 4 N–H and O–H groups in total. The minimum Gasteiger partial charge on any atom is -0.353 e. The van der Waals surface area contributed by atoms with Crippen molar-refractivity contribution in [2.45, 2.75) is 0 Å². The van der Waals surface area contributed by atoms with Crippen LogP contribution in [0.1, 0.15) is 0 Å². The van der Waals surface area contributed by atoms with Crippen LogP contribution in [0.3, 0.4) is 0 Å². The molecule has 0 aliphatic rings. The average Bonchev–Trinajstić information content (AvgIpc) is 2.34. The molecule has 0 aliphatic carbocycles. The second kappa shape index (κ2) is 5.51. The van der Waals surface area contributed by atoms with Crippen LogP contribution in [0.25, 0.3) is 0 Å². The smallest absolute Gasteiger partial charge is 0.141 e. The predicted octanol–water partition coefficient (Wildman–Crippen LogP) is 3.67. The molecule has 94 valence electrons. The lowest BCUT2D eigenvalue weighted by atomic mass is 10.3. The van der Waals surface area contributed by atoms with E-state index >= 15 is 0 Å². The SMILES string of the molecule is NNc1cc(Nc2c(Cl)cc(F)cc2Br)ccn1. The van der Waals surface area contributed by atoms with E-state index in [4.69, 9.17) is 17.4 Å². The minimum absolute atomic E-state index is 0.279. The van der Waals surface area contributed by atoms with Crippen molar-refractivity contribution in [3.63, 3.8) is 0 Å². The molecule has 0 saturated heterocycles. The van der Waals surface area contributed by atoms with Gasteiger partial charge >= 0.3 is 0 Å². The number of hydrogen-bond acceptors (Lipinski definition) is 4. The summed E-state index contributed by atoms with van der Waals surface area (Å²) in [6.45, 7) is 0. The zero-order valence-electron chi connectivity index (χ0n) is 9.05. The van der Waals surface area contributed by atoms with Crippen molar-refractivity contribution in [2.24, 2.45) is 5.84 Å². The topological polar surface area (TPSA) is 63.0 Å². The van der Waals surface area contributed by atoms with Crippen molar-refractivity contribution in [1.82, 2.24) is 4.98 Å². The molecule has 0 spiro atoms. The number of halogens is 3. The number of hydrogen-bond donors (Lipinski definition) is 3. The summed E-state index contributed by atoms with van der Waals surface area (Å²) >= 11 is 9.22. The molecule has 2 aromatic rings. The first-order valence-electron chi connectivity index (χ1n) is 4.94. The second-order valence-electron chi connectivity index (χ2n) is 3.44. The van der Waals surface area contributed by atoms with Gasteiger partial charge in [-0.1, -0.05) is 11.6 Å². The molecule has 1 aromatic heterocycles. The van der Waals surface area contributed by atoms with Crippen molar-refractivity contribution in [2.75, 3.05) is 10.7 Å². The highest BCUT2D eigenvalue weighted by Gasteiger charge is 2.08. The quantitative estimate of drug-likeness (QED) is 0.593. The van der Waals surface area contributed by atoms with E-state index < -0.39 is 5.82 Å². The molecule has 18 heavy (non-hydrogen) atoms. The maximum absolute atomic E-state index is 13.1. The molecule has 1 aromatic carbocycles. The van der Waals surface area contributed by atoms with Crippen LogP contribution < -0.4 is 16.6 Å². The summed E-state index contributed by atoms with van der Waals surface area (Å²) in [7, 11) is 0. The molecule has 0 saturated carbocycles. The van der Waals surface area contributed by atoms with Crippen LogP contribution >= 0.6 is 27.5 Å². The molecule has 0 atom stereocenters. The fourth-order valence-corrected chi connectivity index (χ4v) is 2.29. The van der Waals surface area contributed by atoms with Gasteiger partial charge in [-0.05, 0) is 34.1 Å². The van der Waals surface area contributed by atoms with E-state index in [1.807, 2.05) is 0 Å². The fraction of sp³-hybridized carbons (Fsp3) is 0. The molecule has 0 unspecified atom stereocenters. The molecular formula is C11H9BrClFN4. The van der Waals surface area contributed by atoms with Gasteiger partial charge in [0.1, 0.15) is 11.6 Å². The van der Waals surface area contributed by atoms with Gasteiger partial charge in [0, 0.05) is 22.4 Å². The molecule has 4 nitrogen and oxygen atoms in total. The zero-order valence-corrected chi connectivity index (χ0v) is 11.4. The van der Waals surface area contributed by atoms with Gasteiger partial charge in [0.05, 0.1) is 10.7 Å². The van der Waals surface area contributed by atoms with Crippen LogP contribution in [0.5, 0.6) is 0 Å². The Morgan fingerprint density at radius 3 is 2.78 bits per heavy atom. The third kappa shape index (κ3) is 2.90. The Morgan fingerprint density at radius 2 is 2.11 bits per heavy atom. The van der Waals surface area contributed by atoms with E-state index in [1.54, 1.807) is 18.3 Å².